The Morgan fingerprint density at radius 1 is 1.58 bits per heavy atom. The Hall–Kier alpha value is 0.0500. The van der Waals surface area contributed by atoms with Gasteiger partial charge in [-0.1, -0.05) is 19.4 Å². The van der Waals surface area contributed by atoms with Crippen molar-refractivity contribution in [2.75, 3.05) is 18.1 Å². The molecule has 0 spiro atoms. The van der Waals surface area contributed by atoms with E-state index in [0.29, 0.717) is 6.61 Å². The van der Waals surface area contributed by atoms with Gasteiger partial charge in [0.2, 0.25) is 0 Å². The maximum Gasteiger partial charge on any atom is 0.0521 e. The number of hydrogen-bond donors (Lipinski definition) is 1. The number of thioether (sulfide) groups is 1. The van der Waals surface area contributed by atoms with Crippen molar-refractivity contribution in [3.8, 4) is 0 Å². The van der Waals surface area contributed by atoms with Gasteiger partial charge in [-0.15, -0.1) is 6.58 Å². The summed E-state index contributed by atoms with van der Waals surface area (Å²) >= 11 is 1.84. The lowest BCUT2D eigenvalue weighted by molar-refractivity contribution is 0.322. The Balaban J connectivity index is 3.40. The predicted octanol–water partition coefficient (Wildman–Crippen LogP) is 2.70. The molecule has 72 valence electrons. The lowest BCUT2D eigenvalue weighted by Crippen LogP contribution is -2.03. The van der Waals surface area contributed by atoms with Crippen molar-refractivity contribution in [1.29, 1.82) is 0 Å². The number of aliphatic hydroxyl groups is 1. The summed E-state index contributed by atoms with van der Waals surface area (Å²) in [5.74, 6) is 2.81. The zero-order valence-electron chi connectivity index (χ0n) is 7.96. The smallest absolute Gasteiger partial charge is 0.0521 e. The van der Waals surface area contributed by atoms with Crippen LogP contribution in [0.4, 0.5) is 0 Å². The lowest BCUT2D eigenvalue weighted by Gasteiger charge is -2.12. The lowest BCUT2D eigenvalue weighted by atomic mass is 10.0. The number of rotatable bonds is 8. The van der Waals surface area contributed by atoms with Crippen molar-refractivity contribution in [2.24, 2.45) is 5.92 Å². The molecule has 0 saturated carbocycles. The summed E-state index contributed by atoms with van der Waals surface area (Å²) in [6.07, 6.45) is 5.65. The Bertz CT molecular complexity index is 104. The van der Waals surface area contributed by atoms with Crippen LogP contribution < -0.4 is 0 Å². The molecule has 1 nitrogen and oxygen atoms in total. The van der Waals surface area contributed by atoms with Crippen molar-refractivity contribution in [1.82, 2.24) is 0 Å². The normalized spacial score (nSPS) is 12.8. The fourth-order valence-corrected chi connectivity index (χ4v) is 2.16. The molecule has 1 atom stereocenters. The maximum absolute atomic E-state index is 8.60. The van der Waals surface area contributed by atoms with E-state index in [9.17, 15) is 0 Å². The average Bonchev–Trinajstić information content (AvgIpc) is 2.06. The highest BCUT2D eigenvalue weighted by atomic mass is 32.2. The van der Waals surface area contributed by atoms with Gasteiger partial charge in [-0.2, -0.15) is 11.8 Å². The molecule has 2 heteroatoms. The van der Waals surface area contributed by atoms with Crippen LogP contribution in [0.1, 0.15) is 26.2 Å². The summed E-state index contributed by atoms with van der Waals surface area (Å²) in [6, 6.07) is 0. The van der Waals surface area contributed by atoms with Gasteiger partial charge >= 0.3 is 0 Å². The van der Waals surface area contributed by atoms with E-state index < -0.39 is 0 Å². The predicted molar refractivity (Wildman–Crippen MR) is 57.6 cm³/mol. The Morgan fingerprint density at radius 3 is 2.83 bits per heavy atom. The SMILES string of the molecule is C=CCC(CCC)CSCCO. The molecule has 0 bridgehead atoms. The van der Waals surface area contributed by atoms with Crippen LogP contribution in [0.25, 0.3) is 0 Å². The summed E-state index contributed by atoms with van der Waals surface area (Å²) in [6.45, 7) is 6.27. The largest absolute Gasteiger partial charge is 0.396 e. The number of allylic oxidation sites excluding steroid dienone is 1. The van der Waals surface area contributed by atoms with Crippen molar-refractivity contribution < 1.29 is 5.11 Å². The van der Waals surface area contributed by atoms with Gasteiger partial charge in [-0.3, -0.25) is 0 Å². The third kappa shape index (κ3) is 6.74. The zero-order valence-corrected chi connectivity index (χ0v) is 8.78. The first-order valence-corrected chi connectivity index (χ1v) is 5.80. The van der Waals surface area contributed by atoms with Crippen LogP contribution >= 0.6 is 11.8 Å². The zero-order chi connectivity index (χ0) is 9.23. The molecule has 12 heavy (non-hydrogen) atoms. The molecule has 1 N–H and O–H groups in total. The summed E-state index contributed by atoms with van der Waals surface area (Å²) < 4.78 is 0. The van der Waals surface area contributed by atoms with E-state index in [2.05, 4.69) is 13.5 Å². The van der Waals surface area contributed by atoms with Gasteiger partial charge in [0, 0.05) is 5.75 Å². The molecule has 0 radical (unpaired) electrons. The number of aliphatic hydroxyl groups excluding tert-OH is 1. The van der Waals surface area contributed by atoms with E-state index in [1.54, 1.807) is 0 Å². The molecule has 0 aromatic carbocycles. The molecule has 0 aliphatic heterocycles. The highest BCUT2D eigenvalue weighted by Gasteiger charge is 2.04. The molecular formula is C10H20OS. The third-order valence-corrected chi connectivity index (χ3v) is 2.96. The van der Waals surface area contributed by atoms with Crippen LogP contribution in [-0.2, 0) is 0 Å². The highest BCUT2D eigenvalue weighted by molar-refractivity contribution is 7.99. The van der Waals surface area contributed by atoms with Crippen LogP contribution in [0.15, 0.2) is 12.7 Å². The highest BCUT2D eigenvalue weighted by Crippen LogP contribution is 2.17. The topological polar surface area (TPSA) is 20.2 Å². The monoisotopic (exact) mass is 188 g/mol. The quantitative estimate of drug-likeness (QED) is 0.467. The Labute approximate surface area is 80.3 Å². The van der Waals surface area contributed by atoms with E-state index in [4.69, 9.17) is 5.11 Å². The van der Waals surface area contributed by atoms with E-state index >= 15 is 0 Å². The van der Waals surface area contributed by atoms with Gasteiger partial charge in [0.1, 0.15) is 0 Å². The van der Waals surface area contributed by atoms with Crippen molar-refractivity contribution in [3.05, 3.63) is 12.7 Å². The molecule has 1 unspecified atom stereocenters. The van der Waals surface area contributed by atoms with Crippen molar-refractivity contribution in [3.63, 3.8) is 0 Å². The average molecular weight is 188 g/mol. The minimum atomic E-state index is 0.303. The molecule has 0 rings (SSSR count). The van der Waals surface area contributed by atoms with Crippen LogP contribution in [0.3, 0.4) is 0 Å². The molecule has 0 fully saturated rings. The van der Waals surface area contributed by atoms with Crippen LogP contribution in [0.2, 0.25) is 0 Å². The van der Waals surface area contributed by atoms with Crippen LogP contribution in [-0.4, -0.2) is 23.2 Å². The molecule has 0 aromatic rings. The van der Waals surface area contributed by atoms with Crippen molar-refractivity contribution >= 4 is 11.8 Å². The Morgan fingerprint density at radius 2 is 2.33 bits per heavy atom. The second-order valence-corrected chi connectivity index (χ2v) is 4.13. The minimum absolute atomic E-state index is 0.303. The molecule has 0 aromatic heterocycles. The summed E-state index contributed by atoms with van der Waals surface area (Å²) in [5.41, 5.74) is 0. The first-order valence-electron chi connectivity index (χ1n) is 4.64. The van der Waals surface area contributed by atoms with Crippen molar-refractivity contribution in [2.45, 2.75) is 26.2 Å². The van der Waals surface area contributed by atoms with Gasteiger partial charge in [0.25, 0.3) is 0 Å². The fourth-order valence-electron chi connectivity index (χ4n) is 1.23. The molecular weight excluding hydrogens is 168 g/mol. The molecule has 0 saturated heterocycles. The van der Waals surface area contributed by atoms with Gasteiger partial charge in [-0.25, -0.2) is 0 Å². The summed E-state index contributed by atoms with van der Waals surface area (Å²) in [4.78, 5) is 0. The molecule has 0 aliphatic carbocycles. The molecule has 0 aliphatic rings. The number of hydrogen-bond acceptors (Lipinski definition) is 2. The molecule has 0 amide bonds. The summed E-state index contributed by atoms with van der Waals surface area (Å²) in [5, 5.41) is 8.60. The van der Waals surface area contributed by atoms with E-state index in [0.717, 1.165) is 18.1 Å². The first kappa shape index (κ1) is 12.0. The van der Waals surface area contributed by atoms with Gasteiger partial charge < -0.3 is 5.11 Å². The first-order chi connectivity index (χ1) is 5.85. The standard InChI is InChI=1S/C10H20OS/c1-3-5-10(6-4-2)9-12-8-7-11/h3,10-11H,1,4-9H2,2H3. The van der Waals surface area contributed by atoms with Gasteiger partial charge in [-0.05, 0) is 24.5 Å². The Kier molecular flexibility index (Phi) is 9.18. The van der Waals surface area contributed by atoms with Crippen LogP contribution in [0.5, 0.6) is 0 Å². The maximum atomic E-state index is 8.60. The fraction of sp³-hybridized carbons (Fsp3) is 0.800. The van der Waals surface area contributed by atoms with E-state index in [1.165, 1.54) is 18.6 Å². The summed E-state index contributed by atoms with van der Waals surface area (Å²) in [7, 11) is 0. The third-order valence-electron chi connectivity index (χ3n) is 1.79. The van der Waals surface area contributed by atoms with Gasteiger partial charge in [0.05, 0.1) is 6.61 Å². The van der Waals surface area contributed by atoms with E-state index in [-0.39, 0.29) is 0 Å². The second kappa shape index (κ2) is 9.14. The molecule has 0 heterocycles. The van der Waals surface area contributed by atoms with Gasteiger partial charge in [0.15, 0.2) is 0 Å². The van der Waals surface area contributed by atoms with E-state index in [1.807, 2.05) is 17.8 Å². The second-order valence-electron chi connectivity index (χ2n) is 2.98. The van der Waals surface area contributed by atoms with Crippen LogP contribution in [0, 0.1) is 5.92 Å². The minimum Gasteiger partial charge on any atom is -0.396 e.